The largest absolute Gasteiger partial charge is 0.468 e. The highest BCUT2D eigenvalue weighted by Crippen LogP contribution is 2.02. The second kappa shape index (κ2) is 2.43. The first kappa shape index (κ1) is 7.30. The van der Waals surface area contributed by atoms with Gasteiger partial charge < -0.3 is 4.42 Å². The summed E-state index contributed by atoms with van der Waals surface area (Å²) in [6.45, 7) is 0. The topological polar surface area (TPSA) is 73.3 Å². The van der Waals surface area contributed by atoms with Crippen molar-refractivity contribution in [3.63, 3.8) is 0 Å². The predicted octanol–water partition coefficient (Wildman–Crippen LogP) is 0.0681. The molecule has 1 aromatic rings. The van der Waals surface area contributed by atoms with Crippen molar-refractivity contribution in [2.45, 2.75) is 5.75 Å². The molecule has 0 unspecified atom stereocenters. The Labute approximate surface area is 58.7 Å². The zero-order valence-corrected chi connectivity index (χ0v) is 5.97. The minimum Gasteiger partial charge on any atom is -0.468 e. The van der Waals surface area contributed by atoms with E-state index in [0.717, 1.165) is 0 Å². The number of hydrogen-bond acceptors (Lipinski definition) is 3. The Morgan fingerprint density at radius 3 is 2.70 bits per heavy atom. The van der Waals surface area contributed by atoms with Gasteiger partial charge in [0.2, 0.25) is 10.0 Å². The maximum absolute atomic E-state index is 10.4. The van der Waals surface area contributed by atoms with Gasteiger partial charge >= 0.3 is 0 Å². The molecule has 0 saturated carbocycles. The van der Waals surface area contributed by atoms with Crippen LogP contribution in [0.5, 0.6) is 0 Å². The zero-order chi connectivity index (χ0) is 7.61. The van der Waals surface area contributed by atoms with E-state index in [1.54, 1.807) is 12.1 Å². The second-order valence-corrected chi connectivity index (χ2v) is 3.50. The summed E-state index contributed by atoms with van der Waals surface area (Å²) in [4.78, 5) is 0. The second-order valence-electron chi connectivity index (χ2n) is 1.89. The summed E-state index contributed by atoms with van der Waals surface area (Å²) in [5, 5.41) is 4.74. The van der Waals surface area contributed by atoms with Crippen molar-refractivity contribution in [1.29, 1.82) is 0 Å². The molecule has 1 heterocycles. The number of primary sulfonamides is 1. The van der Waals surface area contributed by atoms with E-state index in [2.05, 4.69) is 0 Å². The molecule has 0 bridgehead atoms. The van der Waals surface area contributed by atoms with Crippen LogP contribution in [0, 0.1) is 0 Å². The lowest BCUT2D eigenvalue weighted by molar-refractivity contribution is 0.521. The third kappa shape index (κ3) is 2.20. The van der Waals surface area contributed by atoms with Gasteiger partial charge in [-0.2, -0.15) is 0 Å². The van der Waals surface area contributed by atoms with Crippen LogP contribution in [0.25, 0.3) is 0 Å². The molecule has 0 aliphatic heterocycles. The third-order valence-corrected chi connectivity index (χ3v) is 1.61. The monoisotopic (exact) mass is 161 g/mol. The molecular formula is C5H7NO3S. The molecule has 0 saturated heterocycles. The lowest BCUT2D eigenvalue weighted by Gasteiger charge is -1.90. The minimum absolute atomic E-state index is 0.236. The highest BCUT2D eigenvalue weighted by molar-refractivity contribution is 7.88. The van der Waals surface area contributed by atoms with Gasteiger partial charge in [-0.15, -0.1) is 0 Å². The van der Waals surface area contributed by atoms with Crippen LogP contribution in [0.1, 0.15) is 5.76 Å². The van der Waals surface area contributed by atoms with Gasteiger partial charge in [0.05, 0.1) is 6.26 Å². The fourth-order valence-corrected chi connectivity index (χ4v) is 1.15. The molecule has 10 heavy (non-hydrogen) atoms. The van der Waals surface area contributed by atoms with Crippen molar-refractivity contribution in [3.8, 4) is 0 Å². The summed E-state index contributed by atoms with van der Waals surface area (Å²) >= 11 is 0. The van der Waals surface area contributed by atoms with E-state index in [-0.39, 0.29) is 5.75 Å². The zero-order valence-electron chi connectivity index (χ0n) is 5.15. The normalized spacial score (nSPS) is 11.7. The Bertz CT molecular complexity index is 287. The van der Waals surface area contributed by atoms with Gasteiger partial charge in [-0.05, 0) is 12.1 Å². The summed E-state index contributed by atoms with van der Waals surface area (Å²) < 4.78 is 25.6. The predicted molar refractivity (Wildman–Crippen MR) is 35.5 cm³/mol. The molecule has 0 aromatic carbocycles. The molecule has 5 heteroatoms. The summed E-state index contributed by atoms with van der Waals surface area (Å²) in [7, 11) is -3.44. The number of hydrogen-bond donors (Lipinski definition) is 1. The van der Waals surface area contributed by atoms with E-state index in [4.69, 9.17) is 9.56 Å². The van der Waals surface area contributed by atoms with Crippen LogP contribution in [0.4, 0.5) is 0 Å². The van der Waals surface area contributed by atoms with Gasteiger partial charge in [-0.25, -0.2) is 13.6 Å². The first-order valence-electron chi connectivity index (χ1n) is 2.61. The minimum atomic E-state index is -3.44. The quantitative estimate of drug-likeness (QED) is 0.667. The number of sulfonamides is 1. The Balaban J connectivity index is 2.75. The van der Waals surface area contributed by atoms with Gasteiger partial charge in [0.25, 0.3) is 0 Å². The summed E-state index contributed by atoms with van der Waals surface area (Å²) in [5.74, 6) is 0.127. The van der Waals surface area contributed by atoms with Crippen molar-refractivity contribution in [2.75, 3.05) is 0 Å². The Morgan fingerprint density at radius 2 is 2.30 bits per heavy atom. The van der Waals surface area contributed by atoms with Crippen molar-refractivity contribution in [2.24, 2.45) is 5.14 Å². The molecule has 0 aliphatic carbocycles. The fourth-order valence-electron chi connectivity index (χ4n) is 0.593. The standard InChI is InChI=1S/C5H7NO3S/c6-10(7,8)4-5-2-1-3-9-5/h1-3H,4H2,(H2,6,7,8). The van der Waals surface area contributed by atoms with Crippen LogP contribution in [-0.4, -0.2) is 8.42 Å². The van der Waals surface area contributed by atoms with E-state index in [1.807, 2.05) is 0 Å². The third-order valence-electron chi connectivity index (χ3n) is 0.924. The van der Waals surface area contributed by atoms with E-state index in [0.29, 0.717) is 5.76 Å². The maximum atomic E-state index is 10.4. The van der Waals surface area contributed by atoms with Crippen LogP contribution >= 0.6 is 0 Å². The molecule has 1 aromatic heterocycles. The van der Waals surface area contributed by atoms with Gasteiger partial charge in [0.15, 0.2) is 0 Å². The lowest BCUT2D eigenvalue weighted by Crippen LogP contribution is -2.13. The molecular weight excluding hydrogens is 154 g/mol. The molecule has 56 valence electrons. The molecule has 0 amide bonds. The molecule has 0 radical (unpaired) electrons. The highest BCUT2D eigenvalue weighted by Gasteiger charge is 2.05. The molecule has 0 atom stereocenters. The smallest absolute Gasteiger partial charge is 0.216 e. The van der Waals surface area contributed by atoms with Crippen molar-refractivity contribution in [3.05, 3.63) is 24.2 Å². The van der Waals surface area contributed by atoms with E-state index < -0.39 is 10.0 Å². The first-order valence-corrected chi connectivity index (χ1v) is 4.32. The van der Waals surface area contributed by atoms with Crippen molar-refractivity contribution < 1.29 is 12.8 Å². The van der Waals surface area contributed by atoms with Crippen molar-refractivity contribution in [1.82, 2.24) is 0 Å². The van der Waals surface area contributed by atoms with Crippen LogP contribution < -0.4 is 5.14 Å². The number of furan rings is 1. The van der Waals surface area contributed by atoms with Gasteiger partial charge in [0.1, 0.15) is 11.5 Å². The van der Waals surface area contributed by atoms with Gasteiger partial charge in [0, 0.05) is 0 Å². The number of nitrogens with two attached hydrogens (primary N) is 1. The summed E-state index contributed by atoms with van der Waals surface area (Å²) in [6.07, 6.45) is 1.40. The van der Waals surface area contributed by atoms with E-state index >= 15 is 0 Å². The van der Waals surface area contributed by atoms with Gasteiger partial charge in [-0.1, -0.05) is 0 Å². The molecule has 0 fully saturated rings. The van der Waals surface area contributed by atoms with E-state index in [9.17, 15) is 8.42 Å². The molecule has 4 nitrogen and oxygen atoms in total. The summed E-state index contributed by atoms with van der Waals surface area (Å²) in [5.41, 5.74) is 0. The summed E-state index contributed by atoms with van der Waals surface area (Å²) in [6, 6.07) is 3.17. The molecule has 0 aliphatic rings. The van der Waals surface area contributed by atoms with Crippen LogP contribution in [0.15, 0.2) is 22.8 Å². The van der Waals surface area contributed by atoms with E-state index in [1.165, 1.54) is 6.26 Å². The Kier molecular flexibility index (Phi) is 1.78. The Hall–Kier alpha value is -0.810. The highest BCUT2D eigenvalue weighted by atomic mass is 32.2. The van der Waals surface area contributed by atoms with Crippen LogP contribution in [0.2, 0.25) is 0 Å². The fraction of sp³-hybridized carbons (Fsp3) is 0.200. The van der Waals surface area contributed by atoms with Crippen LogP contribution in [0.3, 0.4) is 0 Å². The SMILES string of the molecule is NS(=O)(=O)Cc1ccco1. The first-order chi connectivity index (χ1) is 4.58. The maximum Gasteiger partial charge on any atom is 0.216 e. The molecule has 1 rings (SSSR count). The Morgan fingerprint density at radius 1 is 1.60 bits per heavy atom. The average molecular weight is 161 g/mol. The molecule has 2 N–H and O–H groups in total. The average Bonchev–Trinajstić information content (AvgIpc) is 2.12. The van der Waals surface area contributed by atoms with Gasteiger partial charge in [-0.3, -0.25) is 0 Å². The molecule has 0 spiro atoms. The lowest BCUT2D eigenvalue weighted by atomic mass is 10.5. The van der Waals surface area contributed by atoms with Crippen molar-refractivity contribution >= 4 is 10.0 Å². The number of rotatable bonds is 2. The van der Waals surface area contributed by atoms with Crippen LogP contribution in [-0.2, 0) is 15.8 Å².